The van der Waals surface area contributed by atoms with Gasteiger partial charge in [-0.3, -0.25) is 4.79 Å². The van der Waals surface area contributed by atoms with Crippen LogP contribution in [-0.4, -0.2) is 56.3 Å². The van der Waals surface area contributed by atoms with E-state index in [0.717, 1.165) is 24.1 Å². The molecule has 2 aromatic rings. The molecule has 0 aliphatic carbocycles. The molecule has 154 valence electrons. The number of carbonyl (C=O) groups is 1. The number of amides is 1. The third kappa shape index (κ3) is 3.84. The van der Waals surface area contributed by atoms with Crippen LogP contribution in [-0.2, 0) is 21.2 Å². The van der Waals surface area contributed by atoms with Crippen molar-refractivity contribution in [3.05, 3.63) is 47.1 Å². The average molecular weight is 435 g/mol. The molecule has 0 spiro atoms. The van der Waals surface area contributed by atoms with E-state index in [2.05, 4.69) is 4.98 Å². The van der Waals surface area contributed by atoms with Crippen LogP contribution >= 0.6 is 11.6 Å². The molecule has 7 nitrogen and oxygen atoms in total. The number of nitrogens with zero attached hydrogens (tertiary/aromatic N) is 4. The van der Waals surface area contributed by atoms with Crippen molar-refractivity contribution in [2.45, 2.75) is 24.7 Å². The summed E-state index contributed by atoms with van der Waals surface area (Å²) in [5, 5.41) is 0.563. The molecule has 29 heavy (non-hydrogen) atoms. The van der Waals surface area contributed by atoms with Crippen LogP contribution in [0.4, 0.5) is 11.5 Å². The maximum Gasteiger partial charge on any atom is 0.243 e. The van der Waals surface area contributed by atoms with E-state index >= 15 is 0 Å². The Balaban J connectivity index is 1.53. The number of hydrogen-bond acceptors (Lipinski definition) is 5. The molecule has 4 rings (SSSR count). The van der Waals surface area contributed by atoms with Crippen LogP contribution in [0.5, 0.6) is 0 Å². The Kier molecular flexibility index (Phi) is 5.50. The van der Waals surface area contributed by atoms with Gasteiger partial charge in [0.1, 0.15) is 5.82 Å². The lowest BCUT2D eigenvalue weighted by Gasteiger charge is -2.35. The molecule has 0 N–H and O–H groups in total. The first kappa shape index (κ1) is 20.1. The first-order valence-corrected chi connectivity index (χ1v) is 11.5. The number of sulfonamides is 1. The van der Waals surface area contributed by atoms with E-state index in [-0.39, 0.29) is 10.8 Å². The molecule has 1 aromatic heterocycles. The molecule has 0 atom stereocenters. The molecule has 0 unspecified atom stereocenters. The van der Waals surface area contributed by atoms with Crippen molar-refractivity contribution < 1.29 is 13.2 Å². The number of piperazine rings is 1. The van der Waals surface area contributed by atoms with Crippen LogP contribution in [0.2, 0.25) is 5.02 Å². The first-order chi connectivity index (χ1) is 13.9. The lowest BCUT2D eigenvalue weighted by molar-refractivity contribution is -0.116. The Morgan fingerprint density at radius 2 is 1.86 bits per heavy atom. The highest BCUT2D eigenvalue weighted by Crippen LogP contribution is 2.31. The largest absolute Gasteiger partial charge is 0.353 e. The molecule has 3 heterocycles. The Bertz CT molecular complexity index is 1040. The lowest BCUT2D eigenvalue weighted by Crippen LogP contribution is -2.49. The van der Waals surface area contributed by atoms with Crippen LogP contribution in [0.15, 0.2) is 41.4 Å². The summed E-state index contributed by atoms with van der Waals surface area (Å²) in [6, 6.07) is 8.65. The van der Waals surface area contributed by atoms with E-state index in [0.29, 0.717) is 43.6 Å². The SMILES string of the molecule is CC(=O)N1CCCc2cc(S(=O)(=O)N3CCN(c4ncccc4Cl)CC3)ccc21. The molecule has 2 aliphatic rings. The second kappa shape index (κ2) is 7.93. The third-order valence-electron chi connectivity index (χ3n) is 5.46. The van der Waals surface area contributed by atoms with Gasteiger partial charge >= 0.3 is 0 Å². The molecule has 0 bridgehead atoms. The monoisotopic (exact) mass is 434 g/mol. The number of anilines is 2. The maximum absolute atomic E-state index is 13.2. The standard InChI is InChI=1S/C20H23ClN4O3S/c1-15(26)25-9-3-4-16-14-17(6-7-19(16)25)29(27,28)24-12-10-23(11-13-24)20-18(21)5-2-8-22-20/h2,5-8,14H,3-4,9-13H2,1H3. The molecule has 1 aromatic carbocycles. The summed E-state index contributed by atoms with van der Waals surface area (Å²) >= 11 is 6.22. The number of fused-ring (bicyclic) bond motifs is 1. The van der Waals surface area contributed by atoms with Crippen LogP contribution in [0.1, 0.15) is 18.9 Å². The van der Waals surface area contributed by atoms with Crippen LogP contribution < -0.4 is 9.80 Å². The molecule has 1 fully saturated rings. The summed E-state index contributed by atoms with van der Waals surface area (Å²) in [4.78, 5) is 20.2. The number of rotatable bonds is 3. The van der Waals surface area contributed by atoms with Gasteiger partial charge in [-0.2, -0.15) is 4.31 Å². The fraction of sp³-hybridized carbons (Fsp3) is 0.400. The van der Waals surface area contributed by atoms with Gasteiger partial charge in [0.25, 0.3) is 0 Å². The zero-order valence-corrected chi connectivity index (χ0v) is 17.8. The number of benzene rings is 1. The van der Waals surface area contributed by atoms with Gasteiger partial charge in [-0.05, 0) is 48.7 Å². The van der Waals surface area contributed by atoms with Gasteiger partial charge in [-0.1, -0.05) is 11.6 Å². The van der Waals surface area contributed by atoms with Crippen molar-refractivity contribution in [3.8, 4) is 0 Å². The highest BCUT2D eigenvalue weighted by molar-refractivity contribution is 7.89. The number of pyridine rings is 1. The topological polar surface area (TPSA) is 73.8 Å². The Hall–Kier alpha value is -2.16. The van der Waals surface area contributed by atoms with Crippen molar-refractivity contribution in [2.24, 2.45) is 0 Å². The van der Waals surface area contributed by atoms with Gasteiger partial charge in [0, 0.05) is 51.5 Å². The number of carbonyl (C=O) groups excluding carboxylic acids is 1. The minimum absolute atomic E-state index is 0.0224. The van der Waals surface area contributed by atoms with Crippen molar-refractivity contribution in [2.75, 3.05) is 42.5 Å². The summed E-state index contributed by atoms with van der Waals surface area (Å²) in [6.07, 6.45) is 3.29. The predicted molar refractivity (Wildman–Crippen MR) is 113 cm³/mol. The third-order valence-corrected chi connectivity index (χ3v) is 7.65. The van der Waals surface area contributed by atoms with Gasteiger partial charge in [0.15, 0.2) is 0 Å². The van der Waals surface area contributed by atoms with E-state index < -0.39 is 10.0 Å². The minimum Gasteiger partial charge on any atom is -0.353 e. The van der Waals surface area contributed by atoms with E-state index in [4.69, 9.17) is 11.6 Å². The van der Waals surface area contributed by atoms with Crippen molar-refractivity contribution in [1.82, 2.24) is 9.29 Å². The Labute approximate surface area is 175 Å². The molecular weight excluding hydrogens is 412 g/mol. The quantitative estimate of drug-likeness (QED) is 0.742. The number of aromatic nitrogens is 1. The van der Waals surface area contributed by atoms with Crippen LogP contribution in [0, 0.1) is 0 Å². The van der Waals surface area contributed by atoms with E-state index in [1.807, 2.05) is 4.90 Å². The van der Waals surface area contributed by atoms with Crippen LogP contribution in [0.3, 0.4) is 0 Å². The Morgan fingerprint density at radius 1 is 1.10 bits per heavy atom. The summed E-state index contributed by atoms with van der Waals surface area (Å²) in [7, 11) is -3.60. The Morgan fingerprint density at radius 3 is 2.55 bits per heavy atom. The zero-order chi connectivity index (χ0) is 20.6. The van der Waals surface area contributed by atoms with Gasteiger partial charge in [-0.15, -0.1) is 0 Å². The van der Waals surface area contributed by atoms with Crippen LogP contribution in [0.25, 0.3) is 0 Å². The first-order valence-electron chi connectivity index (χ1n) is 9.64. The maximum atomic E-state index is 13.2. The molecule has 0 saturated carbocycles. The minimum atomic E-state index is -3.60. The lowest BCUT2D eigenvalue weighted by atomic mass is 10.0. The zero-order valence-electron chi connectivity index (χ0n) is 16.2. The number of halogens is 1. The fourth-order valence-corrected chi connectivity index (χ4v) is 5.67. The second-order valence-corrected chi connectivity index (χ2v) is 9.61. The molecule has 9 heteroatoms. The summed E-state index contributed by atoms with van der Waals surface area (Å²) in [6.45, 7) is 4.00. The van der Waals surface area contributed by atoms with Crippen molar-refractivity contribution in [1.29, 1.82) is 0 Å². The van der Waals surface area contributed by atoms with E-state index in [1.54, 1.807) is 41.4 Å². The average Bonchev–Trinajstić information content (AvgIpc) is 2.73. The fourth-order valence-electron chi connectivity index (χ4n) is 3.96. The van der Waals surface area contributed by atoms with E-state index in [1.165, 1.54) is 11.2 Å². The summed E-state index contributed by atoms with van der Waals surface area (Å²) < 4.78 is 27.9. The van der Waals surface area contributed by atoms with Gasteiger partial charge in [0.2, 0.25) is 15.9 Å². The molecule has 0 radical (unpaired) electrons. The summed E-state index contributed by atoms with van der Waals surface area (Å²) in [5.74, 6) is 0.662. The number of aryl methyl sites for hydroxylation is 1. The normalized spacial score (nSPS) is 17.9. The number of hydrogen-bond donors (Lipinski definition) is 0. The summed E-state index contributed by atoms with van der Waals surface area (Å²) in [5.41, 5.74) is 1.73. The highest BCUT2D eigenvalue weighted by atomic mass is 35.5. The van der Waals surface area contributed by atoms with E-state index in [9.17, 15) is 13.2 Å². The molecule has 1 saturated heterocycles. The predicted octanol–water partition coefficient (Wildman–Crippen LogP) is 2.55. The van der Waals surface area contributed by atoms with Crippen molar-refractivity contribution in [3.63, 3.8) is 0 Å². The smallest absolute Gasteiger partial charge is 0.243 e. The van der Waals surface area contributed by atoms with Gasteiger partial charge < -0.3 is 9.80 Å². The van der Waals surface area contributed by atoms with Crippen molar-refractivity contribution >= 4 is 39.0 Å². The highest BCUT2D eigenvalue weighted by Gasteiger charge is 2.31. The van der Waals surface area contributed by atoms with Gasteiger partial charge in [0.05, 0.1) is 9.92 Å². The molecule has 1 amide bonds. The molecule has 2 aliphatic heterocycles. The van der Waals surface area contributed by atoms with Gasteiger partial charge in [-0.25, -0.2) is 13.4 Å². The second-order valence-electron chi connectivity index (χ2n) is 7.26. The molecular formula is C20H23ClN4O3S.